The van der Waals surface area contributed by atoms with Crippen molar-refractivity contribution in [2.75, 3.05) is 13.1 Å². The van der Waals surface area contributed by atoms with Crippen molar-refractivity contribution in [2.24, 2.45) is 0 Å². The Labute approximate surface area is 120 Å². The molecule has 0 bridgehead atoms. The molecule has 1 aromatic rings. The zero-order chi connectivity index (χ0) is 14.4. The lowest BCUT2D eigenvalue weighted by molar-refractivity contribution is -0.128. The predicted molar refractivity (Wildman–Crippen MR) is 77.6 cm³/mol. The summed E-state index contributed by atoms with van der Waals surface area (Å²) in [4.78, 5) is 13.4. The summed E-state index contributed by atoms with van der Waals surface area (Å²) in [6.07, 6.45) is 4.40. The third kappa shape index (κ3) is 3.76. The smallest absolute Gasteiger partial charge is 0.219 e. The van der Waals surface area contributed by atoms with Crippen LogP contribution in [0.25, 0.3) is 0 Å². The summed E-state index contributed by atoms with van der Waals surface area (Å²) in [5, 5.41) is 0. The van der Waals surface area contributed by atoms with E-state index in [0.29, 0.717) is 13.0 Å². The minimum Gasteiger partial charge on any atom is -0.458 e. The van der Waals surface area contributed by atoms with Crippen LogP contribution in [0.3, 0.4) is 0 Å². The molecule has 0 saturated heterocycles. The summed E-state index contributed by atoms with van der Waals surface area (Å²) in [7, 11) is 0. The molecule has 0 aliphatic carbocycles. The van der Waals surface area contributed by atoms with Gasteiger partial charge in [-0.1, -0.05) is 25.5 Å². The Morgan fingerprint density at radius 2 is 1.95 bits per heavy atom. The lowest BCUT2D eigenvalue weighted by atomic mass is 10.2. The first-order chi connectivity index (χ1) is 9.70. The molecule has 1 aromatic carbocycles. The van der Waals surface area contributed by atoms with Crippen molar-refractivity contribution < 1.29 is 14.3 Å². The lowest BCUT2D eigenvalue weighted by Gasteiger charge is -2.23. The molecule has 1 aliphatic heterocycles. The SMILES string of the molecule is CCCCN(CCC1=COc2ccccc2O1)C(C)=O. The van der Waals surface area contributed by atoms with Gasteiger partial charge in [-0.3, -0.25) is 4.79 Å². The van der Waals surface area contributed by atoms with Gasteiger partial charge in [-0.05, 0) is 18.6 Å². The Kier molecular flexibility index (Phi) is 5.04. The number of hydrogen-bond donors (Lipinski definition) is 0. The second-order valence-electron chi connectivity index (χ2n) is 4.86. The van der Waals surface area contributed by atoms with Gasteiger partial charge in [0.2, 0.25) is 5.91 Å². The largest absolute Gasteiger partial charge is 0.458 e. The molecule has 2 rings (SSSR count). The van der Waals surface area contributed by atoms with Crippen molar-refractivity contribution in [3.8, 4) is 11.5 Å². The Bertz CT molecular complexity index is 496. The quantitative estimate of drug-likeness (QED) is 0.799. The van der Waals surface area contributed by atoms with Crippen LogP contribution in [0, 0.1) is 0 Å². The van der Waals surface area contributed by atoms with Crippen LogP contribution in [0.5, 0.6) is 11.5 Å². The highest BCUT2D eigenvalue weighted by Crippen LogP contribution is 2.32. The van der Waals surface area contributed by atoms with E-state index in [0.717, 1.165) is 36.6 Å². The van der Waals surface area contributed by atoms with E-state index < -0.39 is 0 Å². The van der Waals surface area contributed by atoms with Crippen LogP contribution in [0.4, 0.5) is 0 Å². The molecule has 1 aliphatic rings. The third-order valence-electron chi connectivity index (χ3n) is 3.26. The average Bonchev–Trinajstić information content (AvgIpc) is 2.46. The first-order valence-corrected chi connectivity index (χ1v) is 7.08. The summed E-state index contributed by atoms with van der Waals surface area (Å²) in [6, 6.07) is 7.56. The molecule has 20 heavy (non-hydrogen) atoms. The molecular formula is C16H21NO3. The number of fused-ring (bicyclic) bond motifs is 1. The number of hydrogen-bond acceptors (Lipinski definition) is 3. The predicted octanol–water partition coefficient (Wildman–Crippen LogP) is 3.34. The summed E-state index contributed by atoms with van der Waals surface area (Å²) in [5.74, 6) is 2.32. The van der Waals surface area contributed by atoms with Crippen LogP contribution in [0.15, 0.2) is 36.3 Å². The lowest BCUT2D eigenvalue weighted by Crippen LogP contribution is -2.31. The molecular weight excluding hydrogens is 254 g/mol. The van der Waals surface area contributed by atoms with Gasteiger partial charge in [-0.15, -0.1) is 0 Å². The van der Waals surface area contributed by atoms with Crippen molar-refractivity contribution in [3.63, 3.8) is 0 Å². The van der Waals surface area contributed by atoms with Gasteiger partial charge in [-0.25, -0.2) is 0 Å². The normalized spacial score (nSPS) is 12.8. The van der Waals surface area contributed by atoms with E-state index in [2.05, 4.69) is 6.92 Å². The van der Waals surface area contributed by atoms with Gasteiger partial charge in [0.15, 0.2) is 11.5 Å². The maximum atomic E-state index is 11.6. The maximum absolute atomic E-state index is 11.6. The van der Waals surface area contributed by atoms with Gasteiger partial charge in [0.05, 0.1) is 0 Å². The van der Waals surface area contributed by atoms with E-state index in [1.165, 1.54) is 0 Å². The zero-order valence-electron chi connectivity index (χ0n) is 12.1. The number of para-hydroxylation sites is 2. The Hall–Kier alpha value is -1.97. The van der Waals surface area contributed by atoms with Crippen LogP contribution in [0.2, 0.25) is 0 Å². The van der Waals surface area contributed by atoms with Crippen LogP contribution < -0.4 is 9.47 Å². The number of unbranched alkanes of at least 4 members (excludes halogenated alkanes) is 1. The molecule has 1 heterocycles. The minimum absolute atomic E-state index is 0.108. The Balaban J connectivity index is 1.88. The van der Waals surface area contributed by atoms with Crippen LogP contribution in [-0.2, 0) is 4.79 Å². The fourth-order valence-electron chi connectivity index (χ4n) is 2.06. The summed E-state index contributed by atoms with van der Waals surface area (Å²) in [5.41, 5.74) is 0. The molecule has 0 saturated carbocycles. The van der Waals surface area contributed by atoms with Gasteiger partial charge in [0.1, 0.15) is 12.0 Å². The topological polar surface area (TPSA) is 38.8 Å². The molecule has 4 nitrogen and oxygen atoms in total. The number of benzene rings is 1. The van der Waals surface area contributed by atoms with Crippen LogP contribution >= 0.6 is 0 Å². The molecule has 1 amide bonds. The highest BCUT2D eigenvalue weighted by molar-refractivity contribution is 5.73. The minimum atomic E-state index is 0.108. The Morgan fingerprint density at radius 3 is 2.65 bits per heavy atom. The van der Waals surface area contributed by atoms with Gasteiger partial charge in [-0.2, -0.15) is 0 Å². The van der Waals surface area contributed by atoms with E-state index in [1.807, 2.05) is 29.2 Å². The molecule has 108 valence electrons. The fourth-order valence-corrected chi connectivity index (χ4v) is 2.06. The summed E-state index contributed by atoms with van der Waals surface area (Å²) >= 11 is 0. The highest BCUT2D eigenvalue weighted by Gasteiger charge is 2.15. The van der Waals surface area contributed by atoms with Gasteiger partial charge in [0.25, 0.3) is 0 Å². The van der Waals surface area contributed by atoms with E-state index in [4.69, 9.17) is 9.47 Å². The number of ether oxygens (including phenoxy) is 2. The average molecular weight is 275 g/mol. The first-order valence-electron chi connectivity index (χ1n) is 7.08. The molecule has 4 heteroatoms. The summed E-state index contributed by atoms with van der Waals surface area (Å²) in [6.45, 7) is 5.19. The number of nitrogens with zero attached hydrogens (tertiary/aromatic N) is 1. The number of rotatable bonds is 6. The third-order valence-corrected chi connectivity index (χ3v) is 3.26. The standard InChI is InChI=1S/C16H21NO3/c1-3-4-10-17(13(2)18)11-9-14-12-19-15-7-5-6-8-16(15)20-14/h5-8,12H,3-4,9-11H2,1-2H3. The van der Waals surface area contributed by atoms with Crippen molar-refractivity contribution >= 4 is 5.91 Å². The van der Waals surface area contributed by atoms with Gasteiger partial charge < -0.3 is 14.4 Å². The fraction of sp³-hybridized carbons (Fsp3) is 0.438. The van der Waals surface area contributed by atoms with Crippen molar-refractivity contribution in [3.05, 3.63) is 36.3 Å². The second-order valence-corrected chi connectivity index (χ2v) is 4.86. The number of amides is 1. The molecule has 0 fully saturated rings. The van der Waals surface area contributed by atoms with E-state index in [-0.39, 0.29) is 5.91 Å². The Morgan fingerprint density at radius 1 is 1.20 bits per heavy atom. The molecule has 0 N–H and O–H groups in total. The van der Waals surface area contributed by atoms with E-state index >= 15 is 0 Å². The second kappa shape index (κ2) is 6.98. The van der Waals surface area contributed by atoms with Gasteiger partial charge in [0, 0.05) is 26.4 Å². The van der Waals surface area contributed by atoms with Crippen molar-refractivity contribution in [1.29, 1.82) is 0 Å². The van der Waals surface area contributed by atoms with E-state index in [9.17, 15) is 4.79 Å². The maximum Gasteiger partial charge on any atom is 0.219 e. The monoisotopic (exact) mass is 275 g/mol. The highest BCUT2D eigenvalue weighted by atomic mass is 16.6. The summed E-state index contributed by atoms with van der Waals surface area (Å²) < 4.78 is 11.3. The number of carbonyl (C=O) groups is 1. The molecule has 0 spiro atoms. The van der Waals surface area contributed by atoms with Crippen LogP contribution in [0.1, 0.15) is 33.1 Å². The van der Waals surface area contributed by atoms with Crippen LogP contribution in [-0.4, -0.2) is 23.9 Å². The molecule has 0 aromatic heterocycles. The van der Waals surface area contributed by atoms with Gasteiger partial charge >= 0.3 is 0 Å². The first kappa shape index (κ1) is 14.4. The molecule has 0 atom stereocenters. The molecule has 0 radical (unpaired) electrons. The van der Waals surface area contributed by atoms with Crippen molar-refractivity contribution in [1.82, 2.24) is 4.90 Å². The zero-order valence-corrected chi connectivity index (χ0v) is 12.1. The number of carbonyl (C=O) groups excluding carboxylic acids is 1. The van der Waals surface area contributed by atoms with Crippen molar-refractivity contribution in [2.45, 2.75) is 33.1 Å². The van der Waals surface area contributed by atoms with E-state index in [1.54, 1.807) is 13.2 Å². The molecule has 0 unspecified atom stereocenters.